The summed E-state index contributed by atoms with van der Waals surface area (Å²) in [7, 11) is -2.68. The zero-order valence-corrected chi connectivity index (χ0v) is 24.5. The third-order valence-corrected chi connectivity index (χ3v) is 13.6. The van der Waals surface area contributed by atoms with Gasteiger partial charge in [-0.05, 0) is 59.7 Å². The molecular formula is C31H34N2O6Si. The number of aliphatic hydroxyl groups is 1. The molecule has 9 heteroatoms. The van der Waals surface area contributed by atoms with Gasteiger partial charge in [0.2, 0.25) is 11.6 Å². The van der Waals surface area contributed by atoms with Gasteiger partial charge in [0, 0.05) is 29.7 Å². The van der Waals surface area contributed by atoms with Gasteiger partial charge in [0.25, 0.3) is 5.88 Å². The molecule has 8 nitrogen and oxygen atoms in total. The van der Waals surface area contributed by atoms with Crippen molar-refractivity contribution in [1.82, 2.24) is 10.1 Å². The number of aliphatic hydroxyl groups excluding tert-OH is 1. The second kappa shape index (κ2) is 9.24. The SMILES string of the molecule is CC(C)(C)[Si](C)(C)OC12C(=O)C3=C(O)c4cccnc4CC3CC1Cc1onc(OCc3ccccc3)c1C2=O. The standard InChI is InChI=1S/C31H34N2O6Si/c1-30(2,3)40(4,5)39-31-20(14-19-15-22-21(12-9-13-32-22)26(34)24(19)27(31)35)16-23-25(28(31)36)29(33-38-23)37-17-18-10-7-6-8-11-18/h6-13,19-20,34H,14-17H2,1-5H3. The van der Waals surface area contributed by atoms with E-state index >= 15 is 0 Å². The minimum absolute atomic E-state index is 0.0619. The Balaban J connectivity index is 1.48. The minimum Gasteiger partial charge on any atom is -0.507 e. The van der Waals surface area contributed by atoms with Crippen molar-refractivity contribution < 1.29 is 28.4 Å². The molecule has 0 radical (unpaired) electrons. The van der Waals surface area contributed by atoms with E-state index < -0.39 is 31.4 Å². The van der Waals surface area contributed by atoms with Crippen LogP contribution in [-0.4, -0.2) is 40.7 Å². The Kier molecular flexibility index (Phi) is 6.16. The van der Waals surface area contributed by atoms with Crippen molar-refractivity contribution in [2.24, 2.45) is 11.8 Å². The summed E-state index contributed by atoms with van der Waals surface area (Å²) in [6.45, 7) is 10.5. The molecule has 0 spiro atoms. The number of carbonyl (C=O) groups excluding carboxylic acids is 2. The molecule has 3 atom stereocenters. The number of benzene rings is 1. The van der Waals surface area contributed by atoms with Gasteiger partial charge in [-0.3, -0.25) is 14.6 Å². The van der Waals surface area contributed by atoms with E-state index in [2.05, 4.69) is 30.9 Å². The Morgan fingerprint density at radius 2 is 1.82 bits per heavy atom. The molecule has 0 aliphatic heterocycles. The fraction of sp³-hybridized carbons (Fsp3) is 0.419. The summed E-state index contributed by atoms with van der Waals surface area (Å²) in [6.07, 6.45) is 2.98. The number of pyridine rings is 1. The molecule has 208 valence electrons. The van der Waals surface area contributed by atoms with Gasteiger partial charge in [0.15, 0.2) is 19.7 Å². The van der Waals surface area contributed by atoms with E-state index in [0.717, 1.165) is 11.3 Å². The molecule has 1 N–H and O–H groups in total. The Morgan fingerprint density at radius 3 is 2.55 bits per heavy atom. The van der Waals surface area contributed by atoms with E-state index in [1.165, 1.54) is 0 Å². The zero-order chi connectivity index (χ0) is 28.4. The largest absolute Gasteiger partial charge is 0.507 e. The lowest BCUT2D eigenvalue weighted by atomic mass is 9.59. The van der Waals surface area contributed by atoms with Crippen LogP contribution in [0.3, 0.4) is 0 Å². The highest BCUT2D eigenvalue weighted by atomic mass is 28.4. The molecule has 0 amide bonds. The fourth-order valence-electron chi connectivity index (χ4n) is 6.03. The fourth-order valence-corrected chi connectivity index (χ4v) is 7.49. The van der Waals surface area contributed by atoms with Crippen LogP contribution in [0.5, 0.6) is 5.88 Å². The number of hydrogen-bond donors (Lipinski definition) is 1. The molecule has 3 aromatic rings. The smallest absolute Gasteiger partial charge is 0.265 e. The third kappa shape index (κ3) is 3.97. The van der Waals surface area contributed by atoms with Crippen LogP contribution in [0.1, 0.15) is 60.1 Å². The summed E-state index contributed by atoms with van der Waals surface area (Å²) >= 11 is 0. The maximum atomic E-state index is 14.7. The Morgan fingerprint density at radius 1 is 1.07 bits per heavy atom. The first-order valence-corrected chi connectivity index (χ1v) is 16.7. The van der Waals surface area contributed by atoms with Crippen molar-refractivity contribution in [3.8, 4) is 5.88 Å². The van der Waals surface area contributed by atoms with Gasteiger partial charge < -0.3 is 18.8 Å². The molecule has 1 fully saturated rings. The monoisotopic (exact) mass is 558 g/mol. The molecule has 0 bridgehead atoms. The molecule has 1 saturated carbocycles. The lowest BCUT2D eigenvalue weighted by Crippen LogP contribution is -2.66. The first-order chi connectivity index (χ1) is 18.9. The van der Waals surface area contributed by atoms with Gasteiger partial charge >= 0.3 is 0 Å². The predicted molar refractivity (Wildman–Crippen MR) is 150 cm³/mol. The summed E-state index contributed by atoms with van der Waals surface area (Å²) < 4.78 is 18.6. The van der Waals surface area contributed by atoms with Gasteiger partial charge in [-0.2, -0.15) is 0 Å². The van der Waals surface area contributed by atoms with Crippen LogP contribution in [0.4, 0.5) is 0 Å². The summed E-state index contributed by atoms with van der Waals surface area (Å²) in [5.74, 6) is -1.34. The van der Waals surface area contributed by atoms with E-state index in [1.807, 2.05) is 43.4 Å². The normalized spacial score (nSPS) is 24.2. The van der Waals surface area contributed by atoms with Crippen molar-refractivity contribution in [3.63, 3.8) is 0 Å². The van der Waals surface area contributed by atoms with Crippen LogP contribution in [0, 0.1) is 11.8 Å². The Labute approximate surface area is 234 Å². The Bertz CT molecular complexity index is 1540. The number of ether oxygens (including phenoxy) is 1. The summed E-state index contributed by atoms with van der Waals surface area (Å²) in [6, 6.07) is 13.1. The molecule has 2 heterocycles. The molecule has 40 heavy (non-hydrogen) atoms. The Hall–Kier alpha value is -3.56. The van der Waals surface area contributed by atoms with Crippen molar-refractivity contribution in [2.75, 3.05) is 0 Å². The molecule has 1 aromatic carbocycles. The first kappa shape index (κ1) is 26.6. The maximum absolute atomic E-state index is 14.7. The third-order valence-electron chi connectivity index (χ3n) is 9.14. The number of hydrogen-bond acceptors (Lipinski definition) is 8. The van der Waals surface area contributed by atoms with Crippen molar-refractivity contribution in [2.45, 2.75) is 70.4 Å². The first-order valence-electron chi connectivity index (χ1n) is 13.8. The number of Topliss-reactive ketones (excluding diaryl/α,β-unsaturated/α-hetero) is 2. The maximum Gasteiger partial charge on any atom is 0.265 e. The molecule has 3 aliphatic rings. The molecule has 2 aromatic heterocycles. The second-order valence-corrected chi connectivity index (χ2v) is 17.3. The van der Waals surface area contributed by atoms with Crippen molar-refractivity contribution >= 4 is 25.6 Å². The molecule has 6 rings (SSSR count). The van der Waals surface area contributed by atoms with Crippen LogP contribution < -0.4 is 4.74 Å². The topological polar surface area (TPSA) is 112 Å². The van der Waals surface area contributed by atoms with E-state index in [-0.39, 0.29) is 40.3 Å². The number of rotatable bonds is 5. The molecule has 3 aliphatic carbocycles. The predicted octanol–water partition coefficient (Wildman–Crippen LogP) is 5.88. The quantitative estimate of drug-likeness (QED) is 0.305. The average Bonchev–Trinajstić information content (AvgIpc) is 3.31. The zero-order valence-electron chi connectivity index (χ0n) is 23.5. The number of fused-ring (bicyclic) bond motifs is 4. The van der Waals surface area contributed by atoms with Gasteiger partial charge in [-0.15, -0.1) is 0 Å². The van der Waals surface area contributed by atoms with E-state index in [4.69, 9.17) is 13.7 Å². The van der Waals surface area contributed by atoms with Crippen molar-refractivity contribution in [3.05, 3.63) is 82.4 Å². The van der Waals surface area contributed by atoms with Crippen LogP contribution in [0.25, 0.3) is 5.76 Å². The van der Waals surface area contributed by atoms with E-state index in [9.17, 15) is 14.7 Å². The lowest BCUT2D eigenvalue weighted by Gasteiger charge is -2.52. The number of carbonyl (C=O) groups is 2. The van der Waals surface area contributed by atoms with Gasteiger partial charge in [-0.25, -0.2) is 0 Å². The molecule has 3 unspecified atom stereocenters. The van der Waals surface area contributed by atoms with Gasteiger partial charge in [-0.1, -0.05) is 51.1 Å². The average molecular weight is 559 g/mol. The highest BCUT2D eigenvalue weighted by Gasteiger charge is 2.65. The van der Waals surface area contributed by atoms with E-state index in [0.29, 0.717) is 30.6 Å². The molecular weight excluding hydrogens is 524 g/mol. The van der Waals surface area contributed by atoms with Gasteiger partial charge in [0.05, 0.1) is 5.69 Å². The number of ketones is 2. The van der Waals surface area contributed by atoms with Crippen molar-refractivity contribution in [1.29, 1.82) is 0 Å². The van der Waals surface area contributed by atoms with Crippen LogP contribution in [-0.2, 0) is 28.7 Å². The summed E-state index contributed by atoms with van der Waals surface area (Å²) in [5, 5.41) is 15.2. The lowest BCUT2D eigenvalue weighted by molar-refractivity contribution is -0.136. The summed E-state index contributed by atoms with van der Waals surface area (Å²) in [4.78, 5) is 33.9. The van der Waals surface area contributed by atoms with Crippen LogP contribution in [0.15, 0.2) is 58.8 Å². The summed E-state index contributed by atoms with van der Waals surface area (Å²) in [5.41, 5.74) is 0.813. The second-order valence-electron chi connectivity index (χ2n) is 12.6. The van der Waals surface area contributed by atoms with Crippen LogP contribution in [0.2, 0.25) is 18.1 Å². The number of aromatic nitrogens is 2. The minimum atomic E-state index is -2.68. The van der Waals surface area contributed by atoms with Crippen LogP contribution >= 0.6 is 0 Å². The van der Waals surface area contributed by atoms with Gasteiger partial charge in [0.1, 0.15) is 17.9 Å². The highest BCUT2D eigenvalue weighted by molar-refractivity contribution is 6.74. The molecule has 0 saturated heterocycles. The number of nitrogens with zero attached hydrogens (tertiary/aromatic N) is 2. The van der Waals surface area contributed by atoms with E-state index in [1.54, 1.807) is 18.3 Å². The highest BCUT2D eigenvalue weighted by Crippen LogP contribution is 2.54.